The minimum Gasteiger partial charge on any atom is -0.322 e. The molecule has 0 spiro atoms. The maximum atomic E-state index is 12.6. The van der Waals surface area contributed by atoms with Crippen LogP contribution in [-0.2, 0) is 0 Å². The van der Waals surface area contributed by atoms with E-state index >= 15 is 0 Å². The quantitative estimate of drug-likeness (QED) is 0.642. The molecule has 2 amide bonds. The Morgan fingerprint density at radius 3 is 2.43 bits per heavy atom. The standard InChI is InChI=1S/C22H20ClN3O2/c1-13-7-8-17(11-14(13)2)25-21(27)16-9-10-24-20(12-16)22(28)26-19-6-4-5-18(23)15(19)3/h4-12H,1-3H3,(H,25,27)(H,26,28). The summed E-state index contributed by atoms with van der Waals surface area (Å²) in [6.07, 6.45) is 1.44. The van der Waals surface area contributed by atoms with Crippen molar-refractivity contribution in [1.29, 1.82) is 0 Å². The monoisotopic (exact) mass is 393 g/mol. The number of nitrogens with zero attached hydrogens (tertiary/aromatic N) is 1. The van der Waals surface area contributed by atoms with Crippen molar-refractivity contribution >= 4 is 34.8 Å². The number of aryl methyl sites for hydroxylation is 2. The average Bonchev–Trinajstić information content (AvgIpc) is 2.68. The first-order valence-electron chi connectivity index (χ1n) is 8.76. The normalized spacial score (nSPS) is 10.4. The molecule has 0 aliphatic rings. The van der Waals surface area contributed by atoms with Crippen LogP contribution in [0.25, 0.3) is 0 Å². The number of carbonyl (C=O) groups excluding carboxylic acids is 2. The Morgan fingerprint density at radius 1 is 0.893 bits per heavy atom. The fraction of sp³-hybridized carbons (Fsp3) is 0.136. The number of hydrogen-bond donors (Lipinski definition) is 2. The molecule has 28 heavy (non-hydrogen) atoms. The number of rotatable bonds is 4. The van der Waals surface area contributed by atoms with Gasteiger partial charge in [-0.15, -0.1) is 0 Å². The van der Waals surface area contributed by atoms with E-state index in [1.807, 2.05) is 39.0 Å². The topological polar surface area (TPSA) is 71.1 Å². The third-order valence-corrected chi connectivity index (χ3v) is 4.94. The molecule has 3 rings (SSSR count). The summed E-state index contributed by atoms with van der Waals surface area (Å²) < 4.78 is 0. The largest absolute Gasteiger partial charge is 0.322 e. The van der Waals surface area contributed by atoms with Crippen molar-refractivity contribution in [3.8, 4) is 0 Å². The van der Waals surface area contributed by atoms with Crippen molar-refractivity contribution < 1.29 is 9.59 Å². The zero-order chi connectivity index (χ0) is 20.3. The Morgan fingerprint density at radius 2 is 1.68 bits per heavy atom. The smallest absolute Gasteiger partial charge is 0.274 e. The number of hydrogen-bond acceptors (Lipinski definition) is 3. The fourth-order valence-electron chi connectivity index (χ4n) is 2.65. The highest BCUT2D eigenvalue weighted by molar-refractivity contribution is 6.31. The van der Waals surface area contributed by atoms with Crippen LogP contribution in [0.15, 0.2) is 54.7 Å². The molecule has 0 bridgehead atoms. The zero-order valence-electron chi connectivity index (χ0n) is 15.8. The second-order valence-corrected chi connectivity index (χ2v) is 6.96. The average molecular weight is 394 g/mol. The van der Waals surface area contributed by atoms with Gasteiger partial charge in [0.15, 0.2) is 0 Å². The Kier molecular flexibility index (Phi) is 5.76. The Hall–Kier alpha value is -3.18. The van der Waals surface area contributed by atoms with Gasteiger partial charge < -0.3 is 10.6 Å². The molecular weight excluding hydrogens is 374 g/mol. The predicted molar refractivity (Wildman–Crippen MR) is 112 cm³/mol. The van der Waals surface area contributed by atoms with E-state index in [0.29, 0.717) is 22.0 Å². The summed E-state index contributed by atoms with van der Waals surface area (Å²) in [6, 6.07) is 14.0. The first-order valence-corrected chi connectivity index (χ1v) is 9.14. The van der Waals surface area contributed by atoms with Gasteiger partial charge in [0.25, 0.3) is 11.8 Å². The lowest BCUT2D eigenvalue weighted by Crippen LogP contribution is -2.17. The number of benzene rings is 2. The van der Waals surface area contributed by atoms with Gasteiger partial charge in [0.1, 0.15) is 5.69 Å². The van der Waals surface area contributed by atoms with E-state index in [1.54, 1.807) is 24.3 Å². The van der Waals surface area contributed by atoms with E-state index in [-0.39, 0.29) is 11.6 Å². The summed E-state index contributed by atoms with van der Waals surface area (Å²) in [7, 11) is 0. The lowest BCUT2D eigenvalue weighted by Gasteiger charge is -2.10. The van der Waals surface area contributed by atoms with E-state index < -0.39 is 5.91 Å². The zero-order valence-corrected chi connectivity index (χ0v) is 16.6. The first kappa shape index (κ1) is 19.6. The van der Waals surface area contributed by atoms with Crippen LogP contribution >= 0.6 is 11.6 Å². The van der Waals surface area contributed by atoms with Crippen molar-refractivity contribution in [1.82, 2.24) is 4.98 Å². The van der Waals surface area contributed by atoms with Crippen LogP contribution in [-0.4, -0.2) is 16.8 Å². The van der Waals surface area contributed by atoms with Crippen LogP contribution in [0.3, 0.4) is 0 Å². The van der Waals surface area contributed by atoms with Gasteiger partial charge in [-0.3, -0.25) is 14.6 Å². The van der Waals surface area contributed by atoms with Gasteiger partial charge in [0, 0.05) is 28.2 Å². The summed E-state index contributed by atoms with van der Waals surface area (Å²) >= 11 is 6.09. The fourth-order valence-corrected chi connectivity index (χ4v) is 2.82. The molecule has 142 valence electrons. The number of amides is 2. The highest BCUT2D eigenvalue weighted by Gasteiger charge is 2.14. The molecule has 2 aromatic carbocycles. The van der Waals surface area contributed by atoms with Crippen LogP contribution in [0, 0.1) is 20.8 Å². The molecule has 3 aromatic rings. The number of aromatic nitrogens is 1. The Balaban J connectivity index is 1.77. The molecule has 5 nitrogen and oxygen atoms in total. The maximum absolute atomic E-state index is 12.6. The van der Waals surface area contributed by atoms with Gasteiger partial charge in [-0.25, -0.2) is 0 Å². The number of carbonyl (C=O) groups is 2. The third kappa shape index (κ3) is 4.38. The summed E-state index contributed by atoms with van der Waals surface area (Å²) in [6.45, 7) is 5.81. The minimum absolute atomic E-state index is 0.145. The molecule has 1 heterocycles. The molecule has 6 heteroatoms. The summed E-state index contributed by atoms with van der Waals surface area (Å²) in [5, 5.41) is 6.18. The van der Waals surface area contributed by atoms with Gasteiger partial charge in [0.05, 0.1) is 0 Å². The Labute approximate surface area is 168 Å². The molecule has 2 N–H and O–H groups in total. The molecular formula is C22H20ClN3O2. The summed E-state index contributed by atoms with van der Waals surface area (Å²) in [5.74, 6) is -0.718. The van der Waals surface area contributed by atoms with Crippen LogP contribution in [0.1, 0.15) is 37.5 Å². The molecule has 0 fully saturated rings. The van der Waals surface area contributed by atoms with Gasteiger partial charge in [-0.1, -0.05) is 23.7 Å². The molecule has 0 saturated carbocycles. The molecule has 0 aliphatic carbocycles. The van der Waals surface area contributed by atoms with Gasteiger partial charge in [-0.05, 0) is 73.9 Å². The second kappa shape index (κ2) is 8.23. The lowest BCUT2D eigenvalue weighted by atomic mass is 10.1. The van der Waals surface area contributed by atoms with Crippen molar-refractivity contribution in [2.45, 2.75) is 20.8 Å². The molecule has 0 unspecified atom stereocenters. The van der Waals surface area contributed by atoms with Gasteiger partial charge in [0.2, 0.25) is 0 Å². The highest BCUT2D eigenvalue weighted by Crippen LogP contribution is 2.23. The lowest BCUT2D eigenvalue weighted by molar-refractivity contribution is 0.102. The maximum Gasteiger partial charge on any atom is 0.274 e. The van der Waals surface area contributed by atoms with Crippen LogP contribution in [0.5, 0.6) is 0 Å². The number of anilines is 2. The van der Waals surface area contributed by atoms with E-state index in [1.165, 1.54) is 12.3 Å². The third-order valence-electron chi connectivity index (χ3n) is 4.54. The van der Waals surface area contributed by atoms with Gasteiger partial charge in [-0.2, -0.15) is 0 Å². The molecule has 0 atom stereocenters. The first-order chi connectivity index (χ1) is 13.3. The number of halogens is 1. The Bertz CT molecular complexity index is 1060. The van der Waals surface area contributed by atoms with E-state index in [4.69, 9.17) is 11.6 Å². The summed E-state index contributed by atoms with van der Waals surface area (Å²) in [5.41, 5.74) is 4.80. The highest BCUT2D eigenvalue weighted by atomic mass is 35.5. The SMILES string of the molecule is Cc1ccc(NC(=O)c2ccnc(C(=O)Nc3cccc(Cl)c3C)c2)cc1C. The van der Waals surface area contributed by atoms with Crippen LogP contribution in [0.2, 0.25) is 5.02 Å². The molecule has 0 radical (unpaired) electrons. The summed E-state index contributed by atoms with van der Waals surface area (Å²) in [4.78, 5) is 29.2. The van der Waals surface area contributed by atoms with E-state index in [2.05, 4.69) is 15.6 Å². The molecule has 1 aromatic heterocycles. The minimum atomic E-state index is -0.411. The van der Waals surface area contributed by atoms with Crippen LogP contribution < -0.4 is 10.6 Å². The van der Waals surface area contributed by atoms with Crippen molar-refractivity contribution in [2.75, 3.05) is 10.6 Å². The number of nitrogens with one attached hydrogen (secondary N) is 2. The van der Waals surface area contributed by atoms with E-state index in [0.717, 1.165) is 16.7 Å². The molecule has 0 aliphatic heterocycles. The van der Waals surface area contributed by atoms with Crippen molar-refractivity contribution in [3.05, 3.63) is 87.7 Å². The second-order valence-electron chi connectivity index (χ2n) is 6.55. The van der Waals surface area contributed by atoms with Crippen LogP contribution in [0.4, 0.5) is 11.4 Å². The molecule has 0 saturated heterocycles. The van der Waals surface area contributed by atoms with E-state index in [9.17, 15) is 9.59 Å². The predicted octanol–water partition coefficient (Wildman–Crippen LogP) is 5.16. The van der Waals surface area contributed by atoms with Gasteiger partial charge >= 0.3 is 0 Å². The van der Waals surface area contributed by atoms with Crippen molar-refractivity contribution in [3.63, 3.8) is 0 Å². The number of pyridine rings is 1. The van der Waals surface area contributed by atoms with Crippen molar-refractivity contribution in [2.24, 2.45) is 0 Å².